The standard InChI is InChI=1S/C17H21N5OS/c1-11(15(23)18-12-7-3-2-4-8-12)24-17-21-20-16-19-13-9-5-6-10-14(13)22(16)17/h5-6,9-12H,2-4,7-8H2,1H3,(H,18,23)(H,19,20)/t11-/m0/s1. The van der Waals surface area contributed by atoms with E-state index < -0.39 is 0 Å². The highest BCUT2D eigenvalue weighted by Gasteiger charge is 2.22. The highest BCUT2D eigenvalue weighted by molar-refractivity contribution is 8.00. The third kappa shape index (κ3) is 2.88. The van der Waals surface area contributed by atoms with Gasteiger partial charge in [-0.05, 0) is 31.9 Å². The van der Waals surface area contributed by atoms with Gasteiger partial charge in [-0.15, -0.1) is 5.10 Å². The summed E-state index contributed by atoms with van der Waals surface area (Å²) >= 11 is 1.46. The largest absolute Gasteiger partial charge is 0.352 e. The molecule has 2 aromatic heterocycles. The van der Waals surface area contributed by atoms with Crippen LogP contribution in [-0.4, -0.2) is 36.8 Å². The van der Waals surface area contributed by atoms with Crippen molar-refractivity contribution in [3.8, 4) is 0 Å². The lowest BCUT2D eigenvalue weighted by Gasteiger charge is -2.24. The number of benzene rings is 1. The van der Waals surface area contributed by atoms with Gasteiger partial charge in [-0.2, -0.15) is 0 Å². The average Bonchev–Trinajstić information content (AvgIpc) is 3.15. The van der Waals surface area contributed by atoms with Crippen molar-refractivity contribution in [3.63, 3.8) is 0 Å². The van der Waals surface area contributed by atoms with Crippen molar-refractivity contribution in [3.05, 3.63) is 24.3 Å². The van der Waals surface area contributed by atoms with Crippen LogP contribution in [0.4, 0.5) is 0 Å². The van der Waals surface area contributed by atoms with Gasteiger partial charge in [-0.25, -0.2) is 10.1 Å². The van der Waals surface area contributed by atoms with Crippen molar-refractivity contribution >= 4 is 34.5 Å². The minimum atomic E-state index is -0.195. The van der Waals surface area contributed by atoms with Gasteiger partial charge in [-0.1, -0.05) is 43.2 Å². The Morgan fingerprint density at radius 3 is 2.96 bits per heavy atom. The molecule has 1 atom stereocenters. The monoisotopic (exact) mass is 343 g/mol. The molecule has 2 heterocycles. The van der Waals surface area contributed by atoms with E-state index in [0.29, 0.717) is 11.8 Å². The molecule has 0 radical (unpaired) electrons. The number of aromatic nitrogens is 4. The summed E-state index contributed by atoms with van der Waals surface area (Å²) in [5, 5.41) is 11.0. The molecule has 4 rings (SSSR count). The van der Waals surface area contributed by atoms with E-state index in [1.165, 1.54) is 31.0 Å². The quantitative estimate of drug-likeness (QED) is 0.714. The summed E-state index contributed by atoms with van der Waals surface area (Å²) in [6.45, 7) is 1.93. The zero-order chi connectivity index (χ0) is 16.5. The fourth-order valence-corrected chi connectivity index (χ4v) is 4.18. The molecule has 0 saturated heterocycles. The molecule has 1 aromatic carbocycles. The van der Waals surface area contributed by atoms with Crippen LogP contribution in [0.5, 0.6) is 0 Å². The first kappa shape index (κ1) is 15.5. The van der Waals surface area contributed by atoms with E-state index in [-0.39, 0.29) is 11.2 Å². The molecule has 1 amide bonds. The number of carbonyl (C=O) groups is 1. The van der Waals surface area contributed by atoms with Gasteiger partial charge >= 0.3 is 0 Å². The van der Waals surface area contributed by atoms with Crippen LogP contribution in [0.1, 0.15) is 39.0 Å². The number of fused-ring (bicyclic) bond motifs is 3. The Balaban J connectivity index is 1.51. The van der Waals surface area contributed by atoms with E-state index in [1.54, 1.807) is 0 Å². The molecule has 6 nitrogen and oxygen atoms in total. The van der Waals surface area contributed by atoms with Crippen LogP contribution in [0.25, 0.3) is 16.8 Å². The number of carbonyl (C=O) groups excluding carboxylic acids is 1. The first-order valence-corrected chi connectivity index (χ1v) is 9.39. The highest BCUT2D eigenvalue weighted by atomic mass is 32.2. The van der Waals surface area contributed by atoms with Crippen LogP contribution in [0.15, 0.2) is 29.4 Å². The maximum Gasteiger partial charge on any atom is 0.233 e. The minimum Gasteiger partial charge on any atom is -0.352 e. The van der Waals surface area contributed by atoms with E-state index in [2.05, 4.69) is 20.5 Å². The highest BCUT2D eigenvalue weighted by Crippen LogP contribution is 2.26. The summed E-state index contributed by atoms with van der Waals surface area (Å²) < 4.78 is 1.98. The fourth-order valence-electron chi connectivity index (χ4n) is 3.30. The van der Waals surface area contributed by atoms with Crippen molar-refractivity contribution in [2.24, 2.45) is 0 Å². The number of imidazole rings is 1. The number of para-hydroxylation sites is 2. The van der Waals surface area contributed by atoms with Crippen molar-refractivity contribution in [2.45, 2.75) is 55.5 Å². The number of nitrogens with zero attached hydrogens (tertiary/aromatic N) is 3. The Labute approximate surface area is 144 Å². The van der Waals surface area contributed by atoms with Crippen molar-refractivity contribution in [1.82, 2.24) is 24.9 Å². The second kappa shape index (κ2) is 6.47. The molecule has 126 valence electrons. The first-order valence-electron chi connectivity index (χ1n) is 8.51. The average molecular weight is 343 g/mol. The third-order valence-corrected chi connectivity index (χ3v) is 5.66. The summed E-state index contributed by atoms with van der Waals surface area (Å²) in [6.07, 6.45) is 5.92. The van der Waals surface area contributed by atoms with Gasteiger partial charge in [0.25, 0.3) is 0 Å². The van der Waals surface area contributed by atoms with Gasteiger partial charge in [0.2, 0.25) is 11.7 Å². The zero-order valence-electron chi connectivity index (χ0n) is 13.7. The van der Waals surface area contributed by atoms with Crippen LogP contribution < -0.4 is 5.32 Å². The number of thioether (sulfide) groups is 1. The Hall–Kier alpha value is -2.02. The van der Waals surface area contributed by atoms with Gasteiger partial charge in [0.1, 0.15) is 0 Å². The maximum atomic E-state index is 12.5. The van der Waals surface area contributed by atoms with Gasteiger partial charge in [0, 0.05) is 6.04 Å². The molecule has 1 aliphatic carbocycles. The second-order valence-electron chi connectivity index (χ2n) is 6.37. The summed E-state index contributed by atoms with van der Waals surface area (Å²) in [5.41, 5.74) is 1.93. The van der Waals surface area contributed by atoms with Gasteiger partial charge in [0.05, 0.1) is 16.3 Å². The number of H-pyrrole nitrogens is 1. The molecule has 1 saturated carbocycles. The van der Waals surface area contributed by atoms with Gasteiger partial charge in [-0.3, -0.25) is 9.20 Å². The van der Waals surface area contributed by atoms with Crippen LogP contribution in [0.2, 0.25) is 0 Å². The maximum absolute atomic E-state index is 12.5. The lowest BCUT2D eigenvalue weighted by atomic mass is 9.95. The second-order valence-corrected chi connectivity index (χ2v) is 7.68. The molecule has 0 aliphatic heterocycles. The number of aromatic amines is 1. The van der Waals surface area contributed by atoms with E-state index in [1.807, 2.05) is 35.6 Å². The SMILES string of the molecule is C[C@H](Sc1n[nH]c2nc3ccccc3n12)C(=O)NC1CCCCC1. The molecular formula is C17H21N5OS. The van der Waals surface area contributed by atoms with E-state index in [4.69, 9.17) is 0 Å². The molecule has 0 bridgehead atoms. The Morgan fingerprint density at radius 2 is 2.12 bits per heavy atom. The van der Waals surface area contributed by atoms with Crippen molar-refractivity contribution in [1.29, 1.82) is 0 Å². The van der Waals surface area contributed by atoms with Gasteiger partial charge in [0.15, 0.2) is 5.16 Å². The smallest absolute Gasteiger partial charge is 0.233 e. The topological polar surface area (TPSA) is 75.1 Å². The zero-order valence-corrected chi connectivity index (χ0v) is 14.5. The Kier molecular flexibility index (Phi) is 4.18. The third-order valence-electron chi connectivity index (χ3n) is 4.61. The minimum absolute atomic E-state index is 0.0903. The first-order chi connectivity index (χ1) is 11.7. The van der Waals surface area contributed by atoms with Crippen molar-refractivity contribution in [2.75, 3.05) is 0 Å². The predicted molar refractivity (Wildman–Crippen MR) is 95.2 cm³/mol. The summed E-state index contributed by atoms with van der Waals surface area (Å²) in [4.78, 5) is 17.0. The summed E-state index contributed by atoms with van der Waals surface area (Å²) in [6, 6.07) is 8.28. The van der Waals surface area contributed by atoms with Crippen molar-refractivity contribution < 1.29 is 4.79 Å². The normalized spacial score (nSPS) is 17.4. The predicted octanol–water partition coefficient (Wildman–Crippen LogP) is 3.14. The summed E-state index contributed by atoms with van der Waals surface area (Å²) in [7, 11) is 0. The molecule has 1 aliphatic rings. The van der Waals surface area contributed by atoms with E-state index in [9.17, 15) is 4.79 Å². The van der Waals surface area contributed by atoms with Gasteiger partial charge < -0.3 is 5.32 Å². The van der Waals surface area contributed by atoms with E-state index in [0.717, 1.165) is 29.0 Å². The molecular weight excluding hydrogens is 322 g/mol. The summed E-state index contributed by atoms with van der Waals surface area (Å²) in [5.74, 6) is 0.797. The van der Waals surface area contributed by atoms with Crippen LogP contribution in [-0.2, 0) is 4.79 Å². The van der Waals surface area contributed by atoms with Crippen LogP contribution in [0, 0.1) is 0 Å². The molecule has 2 N–H and O–H groups in total. The number of nitrogens with one attached hydrogen (secondary N) is 2. The lowest BCUT2D eigenvalue weighted by molar-refractivity contribution is -0.121. The Morgan fingerprint density at radius 1 is 1.33 bits per heavy atom. The molecule has 1 fully saturated rings. The molecule has 0 unspecified atom stereocenters. The van der Waals surface area contributed by atoms with Crippen LogP contribution in [0.3, 0.4) is 0 Å². The molecule has 24 heavy (non-hydrogen) atoms. The lowest BCUT2D eigenvalue weighted by Crippen LogP contribution is -2.40. The Bertz CT molecular complexity index is 864. The number of amides is 1. The van der Waals surface area contributed by atoms with E-state index >= 15 is 0 Å². The molecule has 3 aromatic rings. The number of rotatable bonds is 4. The van der Waals surface area contributed by atoms with Crippen LogP contribution >= 0.6 is 11.8 Å². The fraction of sp³-hybridized carbons (Fsp3) is 0.471. The number of hydrogen-bond acceptors (Lipinski definition) is 4. The number of hydrogen-bond donors (Lipinski definition) is 2. The molecule has 0 spiro atoms. The molecule has 7 heteroatoms.